The molecule has 0 spiro atoms. The van der Waals surface area contributed by atoms with Crippen molar-refractivity contribution in [3.63, 3.8) is 0 Å². The summed E-state index contributed by atoms with van der Waals surface area (Å²) in [5, 5.41) is 0. The second-order valence-electron chi connectivity index (χ2n) is 9.50. The van der Waals surface area contributed by atoms with Crippen molar-refractivity contribution < 1.29 is 9.47 Å². The van der Waals surface area contributed by atoms with Gasteiger partial charge in [-0.15, -0.1) is 0 Å². The van der Waals surface area contributed by atoms with Crippen LogP contribution in [0.4, 0.5) is 0 Å². The van der Waals surface area contributed by atoms with Crippen LogP contribution < -0.4 is 4.74 Å². The molecule has 4 heteroatoms. The maximum atomic E-state index is 6.31. The Morgan fingerprint density at radius 2 is 1.39 bits per heavy atom. The Hall–Kier alpha value is -2.72. The van der Waals surface area contributed by atoms with Gasteiger partial charge in [0.2, 0.25) is 0 Å². The van der Waals surface area contributed by atoms with E-state index in [1.54, 1.807) is 0 Å². The molecule has 0 N–H and O–H groups in total. The topological polar surface area (TPSA) is 44.2 Å². The van der Waals surface area contributed by atoms with Crippen molar-refractivity contribution in [2.75, 3.05) is 13.2 Å². The summed E-state index contributed by atoms with van der Waals surface area (Å²) >= 11 is 0. The van der Waals surface area contributed by atoms with E-state index in [0.717, 1.165) is 73.1 Å². The summed E-state index contributed by atoms with van der Waals surface area (Å²) in [5.41, 5.74) is 4.24. The Balaban J connectivity index is 1.86. The monoisotopic (exact) mass is 488 g/mol. The molecule has 3 aromatic rings. The molecule has 0 amide bonds. The quantitative estimate of drug-likeness (QED) is 0.178. The van der Waals surface area contributed by atoms with Gasteiger partial charge < -0.3 is 9.47 Å². The van der Waals surface area contributed by atoms with Crippen LogP contribution in [-0.2, 0) is 4.74 Å². The number of unbranched alkanes of at least 4 members (excludes halogenated alkanes) is 6. The van der Waals surface area contributed by atoms with E-state index in [1.165, 1.54) is 25.7 Å². The van der Waals surface area contributed by atoms with Gasteiger partial charge in [-0.05, 0) is 36.5 Å². The van der Waals surface area contributed by atoms with Gasteiger partial charge in [-0.25, -0.2) is 9.97 Å². The minimum absolute atomic E-state index is 0.0507. The summed E-state index contributed by atoms with van der Waals surface area (Å²) in [7, 11) is 0. The maximum absolute atomic E-state index is 6.31. The maximum Gasteiger partial charge on any atom is 0.163 e. The Morgan fingerprint density at radius 3 is 2.11 bits per heavy atom. The first-order valence-corrected chi connectivity index (χ1v) is 14.0. The third kappa shape index (κ3) is 8.44. The van der Waals surface area contributed by atoms with E-state index < -0.39 is 0 Å². The molecule has 4 nitrogen and oxygen atoms in total. The van der Waals surface area contributed by atoms with Crippen LogP contribution >= 0.6 is 0 Å². The molecular weight excluding hydrogens is 444 g/mol. The van der Waals surface area contributed by atoms with E-state index in [0.29, 0.717) is 12.4 Å². The second kappa shape index (κ2) is 16.1. The van der Waals surface area contributed by atoms with E-state index in [9.17, 15) is 0 Å². The average molecular weight is 489 g/mol. The summed E-state index contributed by atoms with van der Waals surface area (Å²) in [6, 6.07) is 16.6. The van der Waals surface area contributed by atoms with Crippen molar-refractivity contribution in [2.45, 2.75) is 91.1 Å². The number of ether oxygens (including phenoxy) is 2. The highest BCUT2D eigenvalue weighted by Gasteiger charge is 2.18. The minimum atomic E-state index is 0.0507. The molecule has 1 atom stereocenters. The van der Waals surface area contributed by atoms with Gasteiger partial charge >= 0.3 is 0 Å². The van der Waals surface area contributed by atoms with Crippen molar-refractivity contribution in [3.05, 3.63) is 66.5 Å². The molecule has 0 aliphatic carbocycles. The summed E-state index contributed by atoms with van der Waals surface area (Å²) in [4.78, 5) is 9.71. The molecule has 36 heavy (non-hydrogen) atoms. The molecule has 3 rings (SSSR count). The lowest BCUT2D eigenvalue weighted by Crippen LogP contribution is -2.08. The predicted molar refractivity (Wildman–Crippen MR) is 150 cm³/mol. The van der Waals surface area contributed by atoms with Gasteiger partial charge in [-0.1, -0.05) is 108 Å². The van der Waals surface area contributed by atoms with E-state index in [4.69, 9.17) is 19.4 Å². The van der Waals surface area contributed by atoms with Crippen LogP contribution in [0, 0.1) is 0 Å². The molecule has 0 aliphatic heterocycles. The number of hydrogen-bond acceptors (Lipinski definition) is 4. The fraction of sp³-hybridized carbons (Fsp3) is 0.500. The molecule has 1 aromatic heterocycles. The van der Waals surface area contributed by atoms with Crippen LogP contribution in [0.3, 0.4) is 0 Å². The van der Waals surface area contributed by atoms with Gasteiger partial charge in [-0.3, -0.25) is 0 Å². The molecular formula is C32H44N2O2. The van der Waals surface area contributed by atoms with Gasteiger partial charge in [0.15, 0.2) is 5.82 Å². The largest absolute Gasteiger partial charge is 0.493 e. The van der Waals surface area contributed by atoms with Gasteiger partial charge in [0.1, 0.15) is 5.75 Å². The zero-order chi connectivity index (χ0) is 25.4. The van der Waals surface area contributed by atoms with Crippen molar-refractivity contribution in [1.82, 2.24) is 9.97 Å². The number of nitrogens with zero attached hydrogens (tertiary/aromatic N) is 2. The van der Waals surface area contributed by atoms with Crippen molar-refractivity contribution in [2.24, 2.45) is 0 Å². The van der Waals surface area contributed by atoms with Gasteiger partial charge in [0.25, 0.3) is 0 Å². The molecule has 0 saturated heterocycles. The normalized spacial score (nSPS) is 12.0. The molecule has 194 valence electrons. The zero-order valence-electron chi connectivity index (χ0n) is 22.5. The van der Waals surface area contributed by atoms with E-state index in [2.05, 4.69) is 57.2 Å². The molecule has 0 fully saturated rings. The first-order valence-electron chi connectivity index (χ1n) is 14.0. The summed E-state index contributed by atoms with van der Waals surface area (Å²) in [5.74, 6) is 1.54. The van der Waals surface area contributed by atoms with Crippen LogP contribution in [0.25, 0.3) is 22.5 Å². The Bertz CT molecular complexity index is 989. The smallest absolute Gasteiger partial charge is 0.163 e. The molecule has 0 aliphatic rings. The fourth-order valence-corrected chi connectivity index (χ4v) is 4.40. The Morgan fingerprint density at radius 1 is 0.694 bits per heavy atom. The minimum Gasteiger partial charge on any atom is -0.493 e. The second-order valence-corrected chi connectivity index (χ2v) is 9.50. The van der Waals surface area contributed by atoms with Gasteiger partial charge in [0, 0.05) is 24.6 Å². The molecule has 2 aromatic carbocycles. The van der Waals surface area contributed by atoms with E-state index in [-0.39, 0.29) is 6.10 Å². The summed E-state index contributed by atoms with van der Waals surface area (Å²) < 4.78 is 12.6. The highest BCUT2D eigenvalue weighted by atomic mass is 16.5. The third-order valence-corrected chi connectivity index (χ3v) is 6.52. The molecule has 0 radical (unpaired) electrons. The highest BCUT2D eigenvalue weighted by Crippen LogP contribution is 2.38. The van der Waals surface area contributed by atoms with Crippen molar-refractivity contribution in [3.8, 4) is 28.3 Å². The lowest BCUT2D eigenvalue weighted by Gasteiger charge is -2.19. The standard InChI is InChI=1S/C32H44N2O2/c1-4-7-10-15-23-35-29(20-9-6-3)27-24-33-32(34-25-27)31-28(26-17-12-11-13-18-26)19-16-21-30(31)36-22-14-8-5-2/h11-13,16-19,21,24-25,29H,4-10,14-15,20,22-23H2,1-3H3/t29-/m0/s1. The first kappa shape index (κ1) is 27.9. The molecule has 0 bridgehead atoms. The molecule has 0 unspecified atom stereocenters. The zero-order valence-corrected chi connectivity index (χ0v) is 22.5. The van der Waals surface area contributed by atoms with Gasteiger partial charge in [0.05, 0.1) is 18.3 Å². The lowest BCUT2D eigenvalue weighted by molar-refractivity contribution is 0.0421. The van der Waals surface area contributed by atoms with Crippen LogP contribution in [0.1, 0.15) is 96.6 Å². The fourth-order valence-electron chi connectivity index (χ4n) is 4.40. The third-order valence-electron chi connectivity index (χ3n) is 6.52. The molecule has 1 heterocycles. The van der Waals surface area contributed by atoms with Crippen LogP contribution in [0.15, 0.2) is 60.9 Å². The Kier molecular flexibility index (Phi) is 12.5. The van der Waals surface area contributed by atoms with E-state index in [1.807, 2.05) is 24.5 Å². The average Bonchev–Trinajstić information content (AvgIpc) is 2.93. The highest BCUT2D eigenvalue weighted by molar-refractivity contribution is 5.84. The Labute approximate surface area is 218 Å². The van der Waals surface area contributed by atoms with Crippen LogP contribution in [-0.4, -0.2) is 23.2 Å². The number of rotatable bonds is 17. The van der Waals surface area contributed by atoms with Crippen LogP contribution in [0.2, 0.25) is 0 Å². The summed E-state index contributed by atoms with van der Waals surface area (Å²) in [6.45, 7) is 8.16. The summed E-state index contributed by atoms with van der Waals surface area (Å²) in [6.07, 6.45) is 15.5. The lowest BCUT2D eigenvalue weighted by atomic mass is 9.98. The number of benzene rings is 2. The number of aromatic nitrogens is 2. The predicted octanol–water partition coefficient (Wildman–Crippen LogP) is 9.21. The van der Waals surface area contributed by atoms with Crippen molar-refractivity contribution >= 4 is 0 Å². The number of hydrogen-bond donors (Lipinski definition) is 0. The first-order chi connectivity index (χ1) is 17.8. The van der Waals surface area contributed by atoms with Crippen molar-refractivity contribution in [1.29, 1.82) is 0 Å². The van der Waals surface area contributed by atoms with Gasteiger partial charge in [-0.2, -0.15) is 0 Å². The molecule has 0 saturated carbocycles. The van der Waals surface area contributed by atoms with Crippen LogP contribution in [0.5, 0.6) is 5.75 Å². The SMILES string of the molecule is CCCCCCO[C@@H](CCCC)c1cnc(-c2c(OCCCCC)cccc2-c2ccccc2)nc1. The van der Waals surface area contributed by atoms with E-state index >= 15 is 0 Å².